The molecule has 0 saturated carbocycles. The number of halogens is 2. The van der Waals surface area contributed by atoms with Crippen LogP contribution in [0, 0.1) is 10.1 Å². The van der Waals surface area contributed by atoms with Gasteiger partial charge in [0.15, 0.2) is 5.12 Å². The Morgan fingerprint density at radius 3 is 2.45 bits per heavy atom. The standard InChI is InChI=1S/C11H11Cl2NO5S/c1-5(15)20-4-10(16)11(17)6-2-7(12)8(13)3-9(6)14(18)19/h2-3,10-11,16-17H,4H2,1H3. The van der Waals surface area contributed by atoms with E-state index in [1.165, 1.54) is 6.92 Å². The van der Waals surface area contributed by atoms with Crippen molar-refractivity contribution in [2.45, 2.75) is 19.1 Å². The quantitative estimate of drug-likeness (QED) is 0.631. The summed E-state index contributed by atoms with van der Waals surface area (Å²) >= 11 is 12.3. The molecule has 0 aliphatic heterocycles. The number of rotatable bonds is 5. The molecule has 0 saturated heterocycles. The van der Waals surface area contributed by atoms with Gasteiger partial charge in [-0.15, -0.1) is 0 Å². The molecule has 0 bridgehead atoms. The maximum atomic E-state index is 10.9. The fourth-order valence-corrected chi connectivity index (χ4v) is 2.37. The first-order valence-electron chi connectivity index (χ1n) is 5.36. The largest absolute Gasteiger partial charge is 0.389 e. The first-order valence-corrected chi connectivity index (χ1v) is 7.11. The molecule has 1 aromatic carbocycles. The molecule has 0 amide bonds. The van der Waals surface area contributed by atoms with Gasteiger partial charge in [-0.25, -0.2) is 0 Å². The van der Waals surface area contributed by atoms with Crippen molar-refractivity contribution in [2.75, 3.05) is 5.75 Å². The van der Waals surface area contributed by atoms with Crippen LogP contribution in [0.1, 0.15) is 18.6 Å². The van der Waals surface area contributed by atoms with E-state index in [0.29, 0.717) is 0 Å². The van der Waals surface area contributed by atoms with Crippen LogP contribution in [-0.2, 0) is 4.79 Å². The minimum atomic E-state index is -1.54. The first-order chi connectivity index (χ1) is 9.23. The average Bonchev–Trinajstić information content (AvgIpc) is 2.37. The fraction of sp³-hybridized carbons (Fsp3) is 0.364. The van der Waals surface area contributed by atoms with Gasteiger partial charge >= 0.3 is 0 Å². The molecule has 0 spiro atoms. The first kappa shape index (κ1) is 17.2. The SMILES string of the molecule is CC(=O)SCC(O)C(O)c1cc(Cl)c(Cl)cc1[N+](=O)[O-]. The van der Waals surface area contributed by atoms with Gasteiger partial charge in [-0.2, -0.15) is 0 Å². The number of nitro groups is 1. The average molecular weight is 340 g/mol. The highest BCUT2D eigenvalue weighted by Crippen LogP contribution is 2.35. The normalized spacial score (nSPS) is 13.8. The van der Waals surface area contributed by atoms with Gasteiger partial charge in [0.1, 0.15) is 6.10 Å². The minimum Gasteiger partial charge on any atom is -0.389 e. The number of aliphatic hydroxyl groups excluding tert-OH is 2. The number of thioether (sulfide) groups is 1. The third kappa shape index (κ3) is 4.32. The lowest BCUT2D eigenvalue weighted by atomic mass is 10.0. The van der Waals surface area contributed by atoms with Crippen molar-refractivity contribution in [3.8, 4) is 0 Å². The number of nitro benzene ring substituents is 1. The fourth-order valence-electron chi connectivity index (χ4n) is 1.45. The molecular formula is C11H11Cl2NO5S. The van der Waals surface area contributed by atoms with E-state index in [-0.39, 0.29) is 26.5 Å². The molecule has 0 aliphatic rings. The molecule has 0 aromatic heterocycles. The van der Waals surface area contributed by atoms with Crippen LogP contribution < -0.4 is 0 Å². The predicted molar refractivity (Wildman–Crippen MR) is 77.2 cm³/mol. The van der Waals surface area contributed by atoms with Crippen LogP contribution in [0.25, 0.3) is 0 Å². The van der Waals surface area contributed by atoms with Gasteiger partial charge in [0.25, 0.3) is 5.69 Å². The second-order valence-corrected chi connectivity index (χ2v) is 5.91. The lowest BCUT2D eigenvalue weighted by Crippen LogP contribution is -2.22. The summed E-state index contributed by atoms with van der Waals surface area (Å²) in [5, 5.41) is 30.4. The summed E-state index contributed by atoms with van der Waals surface area (Å²) < 4.78 is 0. The number of nitrogens with zero attached hydrogens (tertiary/aromatic N) is 1. The Morgan fingerprint density at radius 1 is 1.40 bits per heavy atom. The Bertz CT molecular complexity index is 540. The van der Waals surface area contributed by atoms with Gasteiger partial charge in [0.05, 0.1) is 26.6 Å². The van der Waals surface area contributed by atoms with E-state index in [1.54, 1.807) is 0 Å². The van der Waals surface area contributed by atoms with Crippen LogP contribution in [0.5, 0.6) is 0 Å². The van der Waals surface area contributed by atoms with Crippen LogP contribution in [0.2, 0.25) is 10.0 Å². The molecule has 9 heteroatoms. The third-order valence-corrected chi connectivity index (χ3v) is 4.04. The second kappa shape index (κ2) is 7.24. The summed E-state index contributed by atoms with van der Waals surface area (Å²) in [6.07, 6.45) is -2.89. The zero-order chi connectivity index (χ0) is 15.4. The Hall–Kier alpha value is -0.860. The monoisotopic (exact) mass is 339 g/mol. The summed E-state index contributed by atoms with van der Waals surface area (Å²) in [6, 6.07) is 2.14. The molecule has 2 unspecified atom stereocenters. The van der Waals surface area contributed by atoms with E-state index in [1.807, 2.05) is 0 Å². The van der Waals surface area contributed by atoms with E-state index >= 15 is 0 Å². The molecule has 2 N–H and O–H groups in total. The van der Waals surface area contributed by atoms with Crippen LogP contribution >= 0.6 is 35.0 Å². The van der Waals surface area contributed by atoms with Crippen molar-refractivity contribution < 1.29 is 19.9 Å². The molecular weight excluding hydrogens is 329 g/mol. The maximum absolute atomic E-state index is 10.9. The number of carbonyl (C=O) groups is 1. The molecule has 2 atom stereocenters. The number of carbonyl (C=O) groups excluding carboxylic acids is 1. The topological polar surface area (TPSA) is 101 Å². The zero-order valence-corrected chi connectivity index (χ0v) is 12.6. The van der Waals surface area contributed by atoms with Crippen molar-refractivity contribution in [1.29, 1.82) is 0 Å². The number of hydrogen-bond donors (Lipinski definition) is 2. The van der Waals surface area contributed by atoms with Gasteiger partial charge in [-0.3, -0.25) is 14.9 Å². The highest BCUT2D eigenvalue weighted by molar-refractivity contribution is 8.13. The molecule has 0 heterocycles. The van der Waals surface area contributed by atoms with Gasteiger partial charge in [0, 0.05) is 18.7 Å². The molecule has 6 nitrogen and oxygen atoms in total. The summed E-state index contributed by atoms with van der Waals surface area (Å²) in [5.41, 5.74) is -0.597. The smallest absolute Gasteiger partial charge is 0.276 e. The lowest BCUT2D eigenvalue weighted by Gasteiger charge is -2.17. The van der Waals surface area contributed by atoms with Crippen LogP contribution in [-0.4, -0.2) is 32.1 Å². The Labute approximate surface area is 128 Å². The van der Waals surface area contributed by atoms with Crippen LogP contribution in [0.15, 0.2) is 12.1 Å². The van der Waals surface area contributed by atoms with Gasteiger partial charge in [0.2, 0.25) is 0 Å². The van der Waals surface area contributed by atoms with Crippen molar-refractivity contribution in [3.05, 3.63) is 37.9 Å². The summed E-state index contributed by atoms with van der Waals surface area (Å²) in [5.74, 6) is -0.0894. The van der Waals surface area contributed by atoms with Gasteiger partial charge in [-0.1, -0.05) is 35.0 Å². The molecule has 1 rings (SSSR count). The number of hydrogen-bond acceptors (Lipinski definition) is 6. The van der Waals surface area contributed by atoms with Crippen LogP contribution in [0.3, 0.4) is 0 Å². The Morgan fingerprint density at radius 2 is 1.95 bits per heavy atom. The summed E-state index contributed by atoms with van der Waals surface area (Å²) in [6.45, 7) is 1.31. The molecule has 0 aliphatic carbocycles. The minimum absolute atomic E-state index is 0.0257. The second-order valence-electron chi connectivity index (χ2n) is 3.90. The van der Waals surface area contributed by atoms with E-state index in [0.717, 1.165) is 23.9 Å². The highest BCUT2D eigenvalue weighted by Gasteiger charge is 2.28. The molecule has 110 valence electrons. The number of aliphatic hydroxyl groups is 2. The lowest BCUT2D eigenvalue weighted by molar-refractivity contribution is -0.386. The molecule has 0 fully saturated rings. The van der Waals surface area contributed by atoms with Crippen molar-refractivity contribution in [1.82, 2.24) is 0 Å². The Kier molecular flexibility index (Phi) is 6.22. The highest BCUT2D eigenvalue weighted by atomic mass is 35.5. The van der Waals surface area contributed by atoms with E-state index < -0.39 is 22.8 Å². The van der Waals surface area contributed by atoms with E-state index in [9.17, 15) is 25.1 Å². The molecule has 1 aromatic rings. The molecule has 0 radical (unpaired) electrons. The zero-order valence-electron chi connectivity index (χ0n) is 10.2. The van der Waals surface area contributed by atoms with Crippen molar-refractivity contribution in [2.24, 2.45) is 0 Å². The van der Waals surface area contributed by atoms with Crippen molar-refractivity contribution in [3.63, 3.8) is 0 Å². The van der Waals surface area contributed by atoms with Crippen molar-refractivity contribution >= 4 is 45.8 Å². The van der Waals surface area contributed by atoms with Gasteiger partial charge in [-0.05, 0) is 6.07 Å². The third-order valence-electron chi connectivity index (χ3n) is 2.41. The van der Waals surface area contributed by atoms with Gasteiger partial charge < -0.3 is 10.2 Å². The predicted octanol–water partition coefficient (Wildman–Crippen LogP) is 2.58. The number of benzene rings is 1. The maximum Gasteiger partial charge on any atom is 0.276 e. The van der Waals surface area contributed by atoms with E-state index in [2.05, 4.69) is 0 Å². The summed E-state index contributed by atoms with van der Waals surface area (Å²) in [4.78, 5) is 21.0. The van der Waals surface area contributed by atoms with E-state index in [4.69, 9.17) is 23.2 Å². The molecule has 20 heavy (non-hydrogen) atoms. The summed E-state index contributed by atoms with van der Waals surface area (Å²) in [7, 11) is 0. The van der Waals surface area contributed by atoms with Crippen LogP contribution in [0.4, 0.5) is 5.69 Å². The Balaban J connectivity index is 3.07.